The van der Waals surface area contributed by atoms with Crippen LogP contribution in [0.5, 0.6) is 0 Å². The molecule has 11 rings (SSSR count). The average molecular weight is 652 g/mol. The van der Waals surface area contributed by atoms with Crippen molar-refractivity contribution in [3.63, 3.8) is 0 Å². The molecule has 0 saturated heterocycles. The molecule has 3 aromatic heterocycles. The Bertz CT molecular complexity index is 3140. The number of para-hydroxylation sites is 4. The van der Waals surface area contributed by atoms with Crippen LogP contribution in [-0.4, -0.2) is 4.57 Å². The molecule has 3 nitrogen and oxygen atoms in total. The van der Waals surface area contributed by atoms with Crippen molar-refractivity contribution in [1.82, 2.24) is 4.57 Å². The Morgan fingerprint density at radius 1 is 0.333 bits per heavy atom. The van der Waals surface area contributed by atoms with Gasteiger partial charge < -0.3 is 13.4 Å². The van der Waals surface area contributed by atoms with Gasteiger partial charge in [-0.2, -0.15) is 0 Å². The van der Waals surface area contributed by atoms with Crippen molar-refractivity contribution in [3.8, 4) is 39.1 Å². The van der Waals surface area contributed by atoms with Gasteiger partial charge in [-0.1, -0.05) is 121 Å². The molecule has 8 aromatic carbocycles. The second kappa shape index (κ2) is 10.8. The first-order valence-electron chi connectivity index (χ1n) is 17.3. The van der Waals surface area contributed by atoms with Crippen molar-refractivity contribution < 1.29 is 8.83 Å². The van der Waals surface area contributed by atoms with Gasteiger partial charge in [-0.3, -0.25) is 0 Å². The fourth-order valence-corrected chi connectivity index (χ4v) is 8.06. The fourth-order valence-electron chi connectivity index (χ4n) is 8.06. The zero-order valence-electron chi connectivity index (χ0n) is 27.5. The van der Waals surface area contributed by atoms with Crippen LogP contribution in [0, 0.1) is 0 Å². The number of rotatable bonds is 4. The molecule has 51 heavy (non-hydrogen) atoms. The van der Waals surface area contributed by atoms with Gasteiger partial charge in [0, 0.05) is 38.2 Å². The molecule has 0 aliphatic carbocycles. The van der Waals surface area contributed by atoms with Crippen molar-refractivity contribution in [2.24, 2.45) is 0 Å². The van der Waals surface area contributed by atoms with E-state index in [2.05, 4.69) is 162 Å². The number of hydrogen-bond acceptors (Lipinski definition) is 2. The first-order valence-corrected chi connectivity index (χ1v) is 17.3. The lowest BCUT2D eigenvalue weighted by molar-refractivity contribution is 0.670. The highest BCUT2D eigenvalue weighted by Crippen LogP contribution is 2.43. The zero-order valence-corrected chi connectivity index (χ0v) is 27.5. The summed E-state index contributed by atoms with van der Waals surface area (Å²) >= 11 is 0. The third kappa shape index (κ3) is 4.25. The van der Waals surface area contributed by atoms with Crippen LogP contribution in [0.1, 0.15) is 0 Å². The minimum atomic E-state index is 0.893. The molecular formula is C48H29NO2. The van der Waals surface area contributed by atoms with Gasteiger partial charge in [-0.15, -0.1) is 0 Å². The SMILES string of the molecule is c1ccc(-c2cccc(-c3cc(-c4cccc5c4oc4ccccc45)cc(-n4c5ccccc5c5c6oc7ccccc7c6ccc54)c3)c2)cc1. The molecule has 3 heterocycles. The summed E-state index contributed by atoms with van der Waals surface area (Å²) in [4.78, 5) is 0. The highest BCUT2D eigenvalue weighted by molar-refractivity contribution is 6.24. The van der Waals surface area contributed by atoms with Crippen molar-refractivity contribution in [3.05, 3.63) is 176 Å². The Balaban J connectivity index is 1.22. The molecule has 0 amide bonds. The largest absolute Gasteiger partial charge is 0.455 e. The molecule has 0 radical (unpaired) electrons. The number of furan rings is 2. The average Bonchev–Trinajstić information content (AvgIpc) is 3.88. The standard InChI is InChI=1S/C48H29NO2/c1-2-12-30(13-3-1)31-14-10-15-32(26-31)33-27-34(36-19-11-20-39-37-16-5-8-22-44(37)50-47(36)39)29-35(28-33)49-42-21-7-4-18-41(42)46-43(49)25-24-40-38-17-6-9-23-45(38)51-48(40)46/h1-29H. The zero-order chi connectivity index (χ0) is 33.5. The number of hydrogen-bond donors (Lipinski definition) is 0. The molecule has 0 aliphatic rings. The van der Waals surface area contributed by atoms with E-state index in [4.69, 9.17) is 8.83 Å². The van der Waals surface area contributed by atoms with Crippen LogP contribution in [0.25, 0.3) is 105 Å². The van der Waals surface area contributed by atoms with Crippen LogP contribution < -0.4 is 0 Å². The van der Waals surface area contributed by atoms with E-state index in [1.54, 1.807) is 0 Å². The second-order valence-corrected chi connectivity index (χ2v) is 13.3. The summed E-state index contributed by atoms with van der Waals surface area (Å²) in [5.41, 5.74) is 13.7. The number of aromatic nitrogens is 1. The lowest BCUT2D eigenvalue weighted by Gasteiger charge is -2.15. The Morgan fingerprint density at radius 2 is 0.902 bits per heavy atom. The minimum Gasteiger partial charge on any atom is -0.455 e. The van der Waals surface area contributed by atoms with E-state index in [9.17, 15) is 0 Å². The maximum absolute atomic E-state index is 6.62. The quantitative estimate of drug-likeness (QED) is 0.190. The smallest absolute Gasteiger partial charge is 0.145 e. The van der Waals surface area contributed by atoms with E-state index < -0.39 is 0 Å². The normalized spacial score (nSPS) is 11.9. The second-order valence-electron chi connectivity index (χ2n) is 13.3. The van der Waals surface area contributed by atoms with E-state index in [0.29, 0.717) is 0 Å². The predicted octanol–water partition coefficient (Wildman–Crippen LogP) is 13.6. The van der Waals surface area contributed by atoms with Crippen LogP contribution in [-0.2, 0) is 0 Å². The predicted molar refractivity (Wildman–Crippen MR) is 212 cm³/mol. The summed E-state index contributed by atoms with van der Waals surface area (Å²) in [6, 6.07) is 62.6. The molecule has 0 atom stereocenters. The summed E-state index contributed by atoms with van der Waals surface area (Å²) in [7, 11) is 0. The van der Waals surface area contributed by atoms with Crippen LogP contribution in [0.15, 0.2) is 185 Å². The summed E-state index contributed by atoms with van der Waals surface area (Å²) < 4.78 is 15.6. The van der Waals surface area contributed by atoms with Crippen LogP contribution in [0.3, 0.4) is 0 Å². The molecule has 0 spiro atoms. The molecule has 0 unspecified atom stereocenters. The van der Waals surface area contributed by atoms with Gasteiger partial charge in [0.15, 0.2) is 0 Å². The molecule has 3 heteroatoms. The molecule has 0 bridgehead atoms. The van der Waals surface area contributed by atoms with Crippen LogP contribution >= 0.6 is 0 Å². The molecule has 238 valence electrons. The Hall–Kier alpha value is -6.84. The van der Waals surface area contributed by atoms with Crippen LogP contribution in [0.4, 0.5) is 0 Å². The molecular weight excluding hydrogens is 623 g/mol. The van der Waals surface area contributed by atoms with E-state index >= 15 is 0 Å². The Morgan fingerprint density at radius 3 is 1.71 bits per heavy atom. The first kappa shape index (κ1) is 28.0. The van der Waals surface area contributed by atoms with E-state index in [1.807, 2.05) is 18.2 Å². The van der Waals surface area contributed by atoms with E-state index in [-0.39, 0.29) is 0 Å². The summed E-state index contributed by atoms with van der Waals surface area (Å²) in [6.45, 7) is 0. The van der Waals surface area contributed by atoms with Gasteiger partial charge in [-0.05, 0) is 82.4 Å². The molecule has 11 aromatic rings. The van der Waals surface area contributed by atoms with Gasteiger partial charge in [0.05, 0.1) is 16.4 Å². The summed E-state index contributed by atoms with van der Waals surface area (Å²) in [5.74, 6) is 0. The lowest BCUT2D eigenvalue weighted by Crippen LogP contribution is -1.96. The topological polar surface area (TPSA) is 31.2 Å². The number of nitrogens with zero attached hydrogens (tertiary/aromatic N) is 1. The Labute approximate surface area is 293 Å². The maximum Gasteiger partial charge on any atom is 0.145 e. The van der Waals surface area contributed by atoms with Crippen molar-refractivity contribution in [2.45, 2.75) is 0 Å². The van der Waals surface area contributed by atoms with Gasteiger partial charge in [0.1, 0.15) is 22.3 Å². The number of benzene rings is 8. The summed E-state index contributed by atoms with van der Waals surface area (Å²) in [5, 5.41) is 6.78. The van der Waals surface area contributed by atoms with Crippen molar-refractivity contribution in [2.75, 3.05) is 0 Å². The Kier molecular flexibility index (Phi) is 5.96. The van der Waals surface area contributed by atoms with Gasteiger partial charge >= 0.3 is 0 Å². The van der Waals surface area contributed by atoms with Gasteiger partial charge in [0.25, 0.3) is 0 Å². The van der Waals surface area contributed by atoms with E-state index in [0.717, 1.165) is 93.6 Å². The monoisotopic (exact) mass is 651 g/mol. The van der Waals surface area contributed by atoms with Crippen molar-refractivity contribution in [1.29, 1.82) is 0 Å². The third-order valence-electron chi connectivity index (χ3n) is 10.4. The lowest BCUT2D eigenvalue weighted by atomic mass is 9.94. The fraction of sp³-hybridized carbons (Fsp3) is 0. The van der Waals surface area contributed by atoms with Crippen molar-refractivity contribution >= 4 is 65.7 Å². The highest BCUT2D eigenvalue weighted by atomic mass is 16.3. The highest BCUT2D eigenvalue weighted by Gasteiger charge is 2.20. The first-order chi connectivity index (χ1) is 25.3. The third-order valence-corrected chi connectivity index (χ3v) is 10.4. The molecule has 0 fully saturated rings. The molecule has 0 aliphatic heterocycles. The molecule has 0 saturated carbocycles. The maximum atomic E-state index is 6.62. The number of fused-ring (bicyclic) bond motifs is 10. The van der Waals surface area contributed by atoms with Crippen LogP contribution in [0.2, 0.25) is 0 Å². The summed E-state index contributed by atoms with van der Waals surface area (Å²) in [6.07, 6.45) is 0. The minimum absolute atomic E-state index is 0.893. The van der Waals surface area contributed by atoms with Gasteiger partial charge in [0.2, 0.25) is 0 Å². The van der Waals surface area contributed by atoms with Gasteiger partial charge in [-0.25, -0.2) is 0 Å². The van der Waals surface area contributed by atoms with E-state index in [1.165, 1.54) is 11.1 Å². The molecule has 0 N–H and O–H groups in total.